The molecule has 1 aromatic heterocycles. The summed E-state index contributed by atoms with van der Waals surface area (Å²) in [6, 6.07) is 2.04. The lowest BCUT2D eigenvalue weighted by molar-refractivity contribution is 0.154. The molecule has 0 fully saturated rings. The molecular formula is C15H26ClN3O. The van der Waals surface area contributed by atoms with Gasteiger partial charge in [0, 0.05) is 32.9 Å². The molecule has 0 aromatic carbocycles. The second-order valence-electron chi connectivity index (χ2n) is 5.28. The minimum absolute atomic E-state index is 0.629. The van der Waals surface area contributed by atoms with E-state index in [0.717, 1.165) is 37.6 Å². The zero-order chi connectivity index (χ0) is 15.0. The van der Waals surface area contributed by atoms with Crippen LogP contribution >= 0.6 is 11.6 Å². The summed E-state index contributed by atoms with van der Waals surface area (Å²) in [6.45, 7) is 10.4. The number of nitrogens with zero attached hydrogens (tertiary/aromatic N) is 2. The second-order valence-corrected chi connectivity index (χ2v) is 5.68. The van der Waals surface area contributed by atoms with E-state index >= 15 is 0 Å². The van der Waals surface area contributed by atoms with Crippen molar-refractivity contribution in [1.29, 1.82) is 0 Å². The Labute approximate surface area is 127 Å². The largest absolute Gasteiger partial charge is 0.380 e. The maximum Gasteiger partial charge on any atom is 0.128 e. The van der Waals surface area contributed by atoms with Gasteiger partial charge in [0.15, 0.2) is 0 Å². The molecule has 1 rings (SSSR count). The van der Waals surface area contributed by atoms with Gasteiger partial charge in [-0.05, 0) is 31.0 Å². The van der Waals surface area contributed by atoms with E-state index in [2.05, 4.69) is 29.0 Å². The van der Waals surface area contributed by atoms with Crippen molar-refractivity contribution in [1.82, 2.24) is 10.3 Å². The molecule has 0 bridgehead atoms. The summed E-state index contributed by atoms with van der Waals surface area (Å²) in [5, 5.41) is 4.12. The number of hydrogen-bond donors (Lipinski definition) is 1. The quantitative estimate of drug-likeness (QED) is 0.711. The molecule has 114 valence electrons. The summed E-state index contributed by atoms with van der Waals surface area (Å²) < 4.78 is 5.36. The number of pyridine rings is 1. The van der Waals surface area contributed by atoms with Crippen molar-refractivity contribution in [2.24, 2.45) is 5.92 Å². The Balaban J connectivity index is 2.60. The smallest absolute Gasteiger partial charge is 0.128 e. The van der Waals surface area contributed by atoms with Crippen molar-refractivity contribution >= 4 is 17.4 Å². The molecule has 0 radical (unpaired) electrons. The van der Waals surface area contributed by atoms with Crippen LogP contribution in [0.15, 0.2) is 12.3 Å². The van der Waals surface area contributed by atoms with E-state index in [1.165, 1.54) is 0 Å². The lowest BCUT2D eigenvalue weighted by atomic mass is 10.2. The highest BCUT2D eigenvalue weighted by molar-refractivity contribution is 6.31. The highest BCUT2D eigenvalue weighted by Gasteiger charge is 2.07. The van der Waals surface area contributed by atoms with E-state index < -0.39 is 0 Å². The Morgan fingerprint density at radius 2 is 2.20 bits per heavy atom. The molecule has 0 saturated heterocycles. The van der Waals surface area contributed by atoms with E-state index in [1.807, 2.05) is 20.0 Å². The molecule has 0 aliphatic heterocycles. The summed E-state index contributed by atoms with van der Waals surface area (Å²) >= 11 is 6.20. The molecular weight excluding hydrogens is 274 g/mol. The van der Waals surface area contributed by atoms with Crippen LogP contribution in [0.3, 0.4) is 0 Å². The van der Waals surface area contributed by atoms with Gasteiger partial charge in [0.25, 0.3) is 0 Å². The molecule has 0 aliphatic rings. The molecule has 20 heavy (non-hydrogen) atoms. The average Bonchev–Trinajstić information content (AvgIpc) is 2.40. The van der Waals surface area contributed by atoms with E-state index in [-0.39, 0.29) is 0 Å². The van der Waals surface area contributed by atoms with Crippen molar-refractivity contribution in [2.45, 2.75) is 27.3 Å². The predicted molar refractivity (Wildman–Crippen MR) is 85.6 cm³/mol. The van der Waals surface area contributed by atoms with Crippen molar-refractivity contribution in [2.75, 3.05) is 38.3 Å². The van der Waals surface area contributed by atoms with Gasteiger partial charge in [0.1, 0.15) is 5.82 Å². The van der Waals surface area contributed by atoms with Crippen LogP contribution in [-0.4, -0.2) is 38.3 Å². The number of ether oxygens (including phenoxy) is 1. The molecule has 1 aromatic rings. The first kappa shape index (κ1) is 17.2. The molecule has 0 amide bonds. The van der Waals surface area contributed by atoms with Gasteiger partial charge in [0.2, 0.25) is 0 Å². The zero-order valence-electron chi connectivity index (χ0n) is 12.9. The Morgan fingerprint density at radius 3 is 2.85 bits per heavy atom. The van der Waals surface area contributed by atoms with Crippen LogP contribution in [-0.2, 0) is 11.3 Å². The van der Waals surface area contributed by atoms with E-state index in [9.17, 15) is 0 Å². The number of nitrogens with one attached hydrogen (secondary N) is 1. The van der Waals surface area contributed by atoms with Crippen molar-refractivity contribution in [3.05, 3.63) is 22.8 Å². The lowest BCUT2D eigenvalue weighted by Gasteiger charge is -2.19. The Morgan fingerprint density at radius 1 is 1.45 bits per heavy atom. The van der Waals surface area contributed by atoms with Gasteiger partial charge < -0.3 is 15.0 Å². The van der Waals surface area contributed by atoms with Gasteiger partial charge in [-0.3, -0.25) is 0 Å². The maximum atomic E-state index is 6.20. The monoisotopic (exact) mass is 299 g/mol. The predicted octanol–water partition coefficient (Wildman–Crippen LogP) is 2.95. The number of hydrogen-bond acceptors (Lipinski definition) is 4. The first-order valence-electron chi connectivity index (χ1n) is 7.18. The van der Waals surface area contributed by atoms with Crippen molar-refractivity contribution < 1.29 is 4.74 Å². The number of aromatic nitrogens is 1. The van der Waals surface area contributed by atoms with Gasteiger partial charge in [-0.25, -0.2) is 4.98 Å². The fourth-order valence-electron chi connectivity index (χ4n) is 1.77. The van der Waals surface area contributed by atoms with Crippen molar-refractivity contribution in [3.63, 3.8) is 0 Å². The van der Waals surface area contributed by atoms with E-state index in [4.69, 9.17) is 16.3 Å². The third-order valence-electron chi connectivity index (χ3n) is 2.95. The second kappa shape index (κ2) is 9.16. The lowest BCUT2D eigenvalue weighted by Crippen LogP contribution is -2.24. The summed E-state index contributed by atoms with van der Waals surface area (Å²) in [5.74, 6) is 1.55. The van der Waals surface area contributed by atoms with Crippen LogP contribution in [0.25, 0.3) is 0 Å². The fraction of sp³-hybridized carbons (Fsp3) is 0.667. The van der Waals surface area contributed by atoms with Crippen LogP contribution < -0.4 is 10.2 Å². The van der Waals surface area contributed by atoms with Gasteiger partial charge in [-0.15, -0.1) is 0 Å². The van der Waals surface area contributed by atoms with Gasteiger partial charge in [-0.1, -0.05) is 25.4 Å². The molecule has 0 atom stereocenters. The minimum Gasteiger partial charge on any atom is -0.380 e. The molecule has 0 saturated carbocycles. The first-order chi connectivity index (χ1) is 9.54. The molecule has 5 heteroatoms. The average molecular weight is 300 g/mol. The van der Waals surface area contributed by atoms with Gasteiger partial charge in [-0.2, -0.15) is 0 Å². The number of halogens is 1. The summed E-state index contributed by atoms with van der Waals surface area (Å²) in [7, 11) is 2.01. The Bertz CT molecular complexity index is 399. The first-order valence-corrected chi connectivity index (χ1v) is 7.56. The van der Waals surface area contributed by atoms with Gasteiger partial charge in [0.05, 0.1) is 11.6 Å². The molecule has 0 aliphatic carbocycles. The van der Waals surface area contributed by atoms with E-state index in [1.54, 1.807) is 6.20 Å². The molecule has 0 spiro atoms. The summed E-state index contributed by atoms with van der Waals surface area (Å²) in [4.78, 5) is 6.45. The summed E-state index contributed by atoms with van der Waals surface area (Å²) in [5.41, 5.74) is 1.08. The molecule has 0 unspecified atom stereocenters. The standard InChI is InChI=1S/C15H26ClN3O/c1-5-20-7-6-19(4)15-8-13(14(16)11-18-15)10-17-9-12(2)3/h8,11-12,17H,5-7,9-10H2,1-4H3. The highest BCUT2D eigenvalue weighted by Crippen LogP contribution is 2.19. The third-order valence-corrected chi connectivity index (χ3v) is 3.29. The molecule has 1 heterocycles. The van der Waals surface area contributed by atoms with E-state index in [0.29, 0.717) is 17.5 Å². The molecule has 4 nitrogen and oxygen atoms in total. The van der Waals surface area contributed by atoms with Crippen molar-refractivity contribution in [3.8, 4) is 0 Å². The fourth-order valence-corrected chi connectivity index (χ4v) is 1.94. The van der Waals surface area contributed by atoms with Crippen LogP contribution in [0.2, 0.25) is 5.02 Å². The van der Waals surface area contributed by atoms with Crippen LogP contribution in [0.4, 0.5) is 5.82 Å². The van der Waals surface area contributed by atoms with Crippen LogP contribution in [0.5, 0.6) is 0 Å². The number of rotatable bonds is 9. The number of anilines is 1. The number of likely N-dealkylation sites (N-methyl/N-ethyl adjacent to an activating group) is 1. The van der Waals surface area contributed by atoms with Crippen LogP contribution in [0.1, 0.15) is 26.3 Å². The Kier molecular flexibility index (Phi) is 7.88. The van der Waals surface area contributed by atoms with Crippen LogP contribution in [0, 0.1) is 5.92 Å². The van der Waals surface area contributed by atoms with Gasteiger partial charge >= 0.3 is 0 Å². The highest BCUT2D eigenvalue weighted by atomic mass is 35.5. The topological polar surface area (TPSA) is 37.4 Å². The normalized spacial score (nSPS) is 11.1. The Hall–Kier alpha value is -0.840. The zero-order valence-corrected chi connectivity index (χ0v) is 13.7. The third kappa shape index (κ3) is 6.07. The molecule has 1 N–H and O–H groups in total. The maximum absolute atomic E-state index is 6.20. The minimum atomic E-state index is 0.629. The summed E-state index contributed by atoms with van der Waals surface area (Å²) in [6.07, 6.45) is 1.72. The SMILES string of the molecule is CCOCCN(C)c1cc(CNCC(C)C)c(Cl)cn1.